The highest BCUT2D eigenvalue weighted by Gasteiger charge is 2.41. The van der Waals surface area contributed by atoms with Gasteiger partial charge >= 0.3 is 0 Å². The molecule has 0 aliphatic carbocycles. The number of hydrogen-bond donors (Lipinski definition) is 1. The van der Waals surface area contributed by atoms with E-state index >= 15 is 0 Å². The Labute approximate surface area is 138 Å². The van der Waals surface area contributed by atoms with E-state index in [-0.39, 0.29) is 0 Å². The second kappa shape index (κ2) is 5.43. The molecule has 22 heavy (non-hydrogen) atoms. The van der Waals surface area contributed by atoms with Gasteiger partial charge in [-0.2, -0.15) is 10.7 Å². The average Bonchev–Trinajstić information content (AvgIpc) is 2.87. The van der Waals surface area contributed by atoms with Crippen molar-refractivity contribution < 1.29 is 0 Å². The third-order valence-electron chi connectivity index (χ3n) is 3.64. The number of hydrazine groups is 1. The molecular weight excluding hydrogens is 318 g/mol. The van der Waals surface area contributed by atoms with Gasteiger partial charge in [-0.1, -0.05) is 35.5 Å². The Balaban J connectivity index is 2.07. The van der Waals surface area contributed by atoms with E-state index in [1.807, 2.05) is 38.3 Å². The van der Waals surface area contributed by atoms with E-state index in [1.54, 1.807) is 11.2 Å². The molecule has 2 aliphatic heterocycles. The molecule has 0 bridgehead atoms. The number of nitriles is 1. The maximum absolute atomic E-state index is 9.27. The van der Waals surface area contributed by atoms with Crippen molar-refractivity contribution in [3.63, 3.8) is 0 Å². The van der Waals surface area contributed by atoms with E-state index in [2.05, 4.69) is 16.5 Å². The lowest BCUT2D eigenvalue weighted by molar-refractivity contribution is 0.311. The zero-order valence-corrected chi connectivity index (χ0v) is 14.0. The van der Waals surface area contributed by atoms with Crippen molar-refractivity contribution in [1.82, 2.24) is 10.4 Å². The lowest BCUT2D eigenvalue weighted by Gasteiger charge is -2.28. The summed E-state index contributed by atoms with van der Waals surface area (Å²) in [5, 5.41) is 12.5. The van der Waals surface area contributed by atoms with E-state index in [1.165, 1.54) is 11.8 Å². The molecule has 5 nitrogen and oxygen atoms in total. The quantitative estimate of drug-likeness (QED) is 0.858. The highest BCUT2D eigenvalue weighted by atomic mass is 35.5. The van der Waals surface area contributed by atoms with E-state index in [0.29, 0.717) is 16.4 Å². The summed E-state index contributed by atoms with van der Waals surface area (Å²) in [5.74, 6) is 0.584. The molecule has 1 aromatic carbocycles. The maximum atomic E-state index is 9.27. The molecule has 0 aromatic heterocycles. The second-order valence-electron chi connectivity index (χ2n) is 5.19. The fraction of sp³-hybridized carbons (Fsp3) is 0.267. The summed E-state index contributed by atoms with van der Waals surface area (Å²) in [5.41, 5.74) is 5.02. The molecule has 0 fully saturated rings. The zero-order chi connectivity index (χ0) is 15.9. The lowest BCUT2D eigenvalue weighted by Crippen LogP contribution is -2.48. The first-order valence-electron chi connectivity index (χ1n) is 6.65. The molecule has 2 heterocycles. The van der Waals surface area contributed by atoms with Gasteiger partial charge < -0.3 is 0 Å². The first kappa shape index (κ1) is 15.1. The van der Waals surface area contributed by atoms with E-state index in [0.717, 1.165) is 16.3 Å². The van der Waals surface area contributed by atoms with Gasteiger partial charge in [0.25, 0.3) is 0 Å². The summed E-state index contributed by atoms with van der Waals surface area (Å²) in [6.07, 6.45) is 3.48. The number of thioether (sulfide) groups is 1. The van der Waals surface area contributed by atoms with Crippen molar-refractivity contribution in [2.45, 2.75) is 19.5 Å². The Morgan fingerprint density at radius 3 is 2.86 bits per heavy atom. The molecule has 1 unspecified atom stereocenters. The average molecular weight is 332 g/mol. The van der Waals surface area contributed by atoms with Gasteiger partial charge in [-0.3, -0.25) is 0 Å². The number of benzene rings is 1. The number of hydrogen-bond acceptors (Lipinski definition) is 6. The Morgan fingerprint density at radius 2 is 2.23 bits per heavy atom. The van der Waals surface area contributed by atoms with Crippen LogP contribution in [0.4, 0.5) is 0 Å². The Bertz CT molecular complexity index is 777. The van der Waals surface area contributed by atoms with Crippen LogP contribution in [0.25, 0.3) is 0 Å². The van der Waals surface area contributed by atoms with Crippen molar-refractivity contribution >= 4 is 34.4 Å². The molecule has 1 N–H and O–H groups in total. The minimum absolute atomic E-state index is 0.437. The summed E-state index contributed by atoms with van der Waals surface area (Å²) in [6, 6.07) is 7.99. The molecule has 0 saturated carbocycles. The van der Waals surface area contributed by atoms with Crippen LogP contribution in [0, 0.1) is 18.3 Å². The predicted octanol–water partition coefficient (Wildman–Crippen LogP) is 3.18. The number of nitrogens with one attached hydrogen (secondary N) is 1. The number of aryl methyl sites for hydroxylation is 1. The van der Waals surface area contributed by atoms with Crippen LogP contribution < -0.4 is 5.43 Å². The van der Waals surface area contributed by atoms with Crippen molar-refractivity contribution in [1.29, 1.82) is 5.26 Å². The van der Waals surface area contributed by atoms with Gasteiger partial charge in [-0.25, -0.2) is 15.0 Å². The highest BCUT2D eigenvalue weighted by Crippen LogP contribution is 2.33. The normalized spacial score (nSPS) is 23.4. The minimum Gasteiger partial charge on any atom is -0.237 e. The van der Waals surface area contributed by atoms with Gasteiger partial charge in [0.1, 0.15) is 11.6 Å². The van der Waals surface area contributed by atoms with Crippen LogP contribution in [0.15, 0.2) is 40.0 Å². The topological polar surface area (TPSA) is 63.8 Å². The van der Waals surface area contributed by atoms with Crippen LogP contribution in [-0.2, 0) is 5.66 Å². The molecule has 3 rings (SSSR count). The molecule has 1 aromatic rings. The number of fused-ring (bicyclic) bond motifs is 1. The summed E-state index contributed by atoms with van der Waals surface area (Å²) >= 11 is 7.73. The van der Waals surface area contributed by atoms with Gasteiger partial charge in [0, 0.05) is 5.02 Å². The number of rotatable bonds is 1. The van der Waals surface area contributed by atoms with Crippen LogP contribution in [0.5, 0.6) is 0 Å². The monoisotopic (exact) mass is 331 g/mol. The van der Waals surface area contributed by atoms with Crippen LogP contribution in [0.3, 0.4) is 0 Å². The molecule has 1 atom stereocenters. The molecule has 0 radical (unpaired) electrons. The van der Waals surface area contributed by atoms with E-state index in [4.69, 9.17) is 16.6 Å². The number of nitrogens with zero attached hydrogens (tertiary/aromatic N) is 4. The molecule has 0 amide bonds. The molecule has 0 spiro atoms. The molecule has 112 valence electrons. The summed E-state index contributed by atoms with van der Waals surface area (Å²) < 4.78 is 0. The molecular formula is C15H14ClN5S. The Hall–Kier alpha value is -1.81. The van der Waals surface area contributed by atoms with Gasteiger partial charge in [0.05, 0.1) is 6.20 Å². The predicted molar refractivity (Wildman–Crippen MR) is 90.6 cm³/mol. The maximum Gasteiger partial charge on any atom is 0.184 e. The minimum atomic E-state index is -0.691. The Morgan fingerprint density at radius 1 is 1.45 bits per heavy atom. The van der Waals surface area contributed by atoms with Crippen LogP contribution in [0.1, 0.15) is 18.1 Å². The SMILES string of the molecule is CSC1=NC=C(C#N)C2=NC(C)(c3ccc(C)c(Cl)c3)NN12. The van der Waals surface area contributed by atoms with Gasteiger partial charge in [0.15, 0.2) is 16.7 Å². The fourth-order valence-electron chi connectivity index (χ4n) is 2.36. The first-order valence-corrected chi connectivity index (χ1v) is 8.25. The van der Waals surface area contributed by atoms with Gasteiger partial charge in [-0.05, 0) is 37.3 Å². The van der Waals surface area contributed by atoms with Crippen LogP contribution >= 0.6 is 23.4 Å². The van der Waals surface area contributed by atoms with Crippen molar-refractivity contribution in [2.24, 2.45) is 9.98 Å². The van der Waals surface area contributed by atoms with Crippen LogP contribution in [0.2, 0.25) is 5.02 Å². The summed E-state index contributed by atoms with van der Waals surface area (Å²) in [6.45, 7) is 3.91. The summed E-state index contributed by atoms with van der Waals surface area (Å²) in [4.78, 5) is 9.01. The number of amidine groups is 2. The van der Waals surface area contributed by atoms with Crippen molar-refractivity contribution in [3.8, 4) is 6.07 Å². The first-order chi connectivity index (χ1) is 10.5. The number of halogens is 1. The lowest BCUT2D eigenvalue weighted by atomic mass is 10.0. The third-order valence-corrected chi connectivity index (χ3v) is 4.70. The van der Waals surface area contributed by atoms with Crippen molar-refractivity contribution in [3.05, 3.63) is 46.1 Å². The molecule has 2 aliphatic rings. The van der Waals surface area contributed by atoms with Gasteiger partial charge in [-0.15, -0.1) is 0 Å². The zero-order valence-electron chi connectivity index (χ0n) is 12.4. The number of aliphatic imine (C=N–C) groups is 2. The standard InChI is InChI=1S/C15H14ClN5S/c1-9-4-5-11(6-12(9)16)15(2)19-13-10(7-17)8-18-14(22-3)21(13)20-15/h4-6,8,20H,1-3H3. The Kier molecular flexibility index (Phi) is 3.73. The highest BCUT2D eigenvalue weighted by molar-refractivity contribution is 8.13. The summed E-state index contributed by atoms with van der Waals surface area (Å²) in [7, 11) is 0. The smallest absolute Gasteiger partial charge is 0.184 e. The van der Waals surface area contributed by atoms with E-state index in [9.17, 15) is 5.26 Å². The fourth-order valence-corrected chi connectivity index (χ4v) is 3.01. The van der Waals surface area contributed by atoms with Crippen molar-refractivity contribution in [2.75, 3.05) is 6.26 Å². The van der Waals surface area contributed by atoms with Crippen LogP contribution in [-0.4, -0.2) is 22.3 Å². The molecule has 7 heteroatoms. The largest absolute Gasteiger partial charge is 0.237 e. The second-order valence-corrected chi connectivity index (χ2v) is 6.37. The van der Waals surface area contributed by atoms with Gasteiger partial charge in [0.2, 0.25) is 0 Å². The van der Waals surface area contributed by atoms with E-state index < -0.39 is 5.66 Å². The molecule has 0 saturated heterocycles. The third kappa shape index (κ3) is 2.31.